The third-order valence-corrected chi connectivity index (χ3v) is 4.93. The summed E-state index contributed by atoms with van der Waals surface area (Å²) in [6, 6.07) is 11.8. The molecule has 0 unspecified atom stereocenters. The van der Waals surface area contributed by atoms with E-state index in [1.54, 1.807) is 0 Å². The van der Waals surface area contributed by atoms with Crippen LogP contribution in [0.5, 0.6) is 5.75 Å². The molecule has 1 aromatic rings. The molecule has 3 nitrogen and oxygen atoms in total. The Kier molecular flexibility index (Phi) is 2.69. The summed E-state index contributed by atoms with van der Waals surface area (Å²) in [5.74, 6) is 0.984. The normalized spacial score (nSPS) is 35.7. The zero-order chi connectivity index (χ0) is 12.8. The minimum Gasteiger partial charge on any atom is -0.494 e. The van der Waals surface area contributed by atoms with Crippen molar-refractivity contribution in [1.29, 1.82) is 0 Å². The quantitative estimate of drug-likeness (QED) is 0.902. The molecule has 3 heteroatoms. The molecule has 0 radical (unpaired) electrons. The van der Waals surface area contributed by atoms with Crippen LogP contribution in [0.2, 0.25) is 0 Å². The van der Waals surface area contributed by atoms with Gasteiger partial charge in [0, 0.05) is 29.9 Å². The molecule has 0 amide bonds. The average Bonchev–Trinajstić information content (AvgIpc) is 2.40. The Labute approximate surface area is 114 Å². The number of benzene rings is 1. The molecule has 5 rings (SSSR count). The van der Waals surface area contributed by atoms with Crippen molar-refractivity contribution in [2.24, 2.45) is 0 Å². The molecular formula is C16H22N2O. The van der Waals surface area contributed by atoms with Gasteiger partial charge < -0.3 is 15.0 Å². The lowest BCUT2D eigenvalue weighted by atomic mass is 9.74. The van der Waals surface area contributed by atoms with Gasteiger partial charge in [-0.15, -0.1) is 0 Å². The van der Waals surface area contributed by atoms with Crippen molar-refractivity contribution < 1.29 is 4.74 Å². The summed E-state index contributed by atoms with van der Waals surface area (Å²) in [5, 5.41) is 3.76. The zero-order valence-electron chi connectivity index (χ0n) is 11.5. The first kappa shape index (κ1) is 11.6. The molecule has 0 saturated carbocycles. The minimum absolute atomic E-state index is 0.739. The fourth-order valence-electron chi connectivity index (χ4n) is 4.36. The van der Waals surface area contributed by atoms with Crippen molar-refractivity contribution in [1.82, 2.24) is 5.32 Å². The minimum atomic E-state index is 0.739. The van der Waals surface area contributed by atoms with Crippen LogP contribution in [0.25, 0.3) is 0 Å². The van der Waals surface area contributed by atoms with Crippen LogP contribution in [0.15, 0.2) is 24.3 Å². The van der Waals surface area contributed by atoms with Crippen LogP contribution in [0.1, 0.15) is 32.6 Å². The van der Waals surface area contributed by atoms with Gasteiger partial charge in [-0.3, -0.25) is 0 Å². The molecule has 0 aromatic heterocycles. The molecule has 4 aliphatic heterocycles. The van der Waals surface area contributed by atoms with Gasteiger partial charge in [0.15, 0.2) is 0 Å². The zero-order valence-corrected chi connectivity index (χ0v) is 11.5. The Balaban J connectivity index is 1.58. The Bertz CT molecular complexity index is 428. The first-order chi connectivity index (χ1) is 9.33. The van der Waals surface area contributed by atoms with Gasteiger partial charge in [-0.25, -0.2) is 0 Å². The standard InChI is InChI=1S/C16H22N2O/c1-2-19-16-5-3-13(4-6-16)18-14-7-11-8-15(18)10-12(9-14)17-11/h3-6,11-12,14-15,17H,2,7-10H2,1H3. The van der Waals surface area contributed by atoms with E-state index in [9.17, 15) is 0 Å². The Morgan fingerprint density at radius 2 is 1.63 bits per heavy atom. The largest absolute Gasteiger partial charge is 0.494 e. The van der Waals surface area contributed by atoms with E-state index in [0.29, 0.717) is 0 Å². The van der Waals surface area contributed by atoms with E-state index < -0.39 is 0 Å². The number of hydrogen-bond donors (Lipinski definition) is 1. The van der Waals surface area contributed by atoms with Crippen molar-refractivity contribution in [3.05, 3.63) is 24.3 Å². The average molecular weight is 258 g/mol. The highest BCUT2D eigenvalue weighted by atomic mass is 16.5. The van der Waals surface area contributed by atoms with E-state index in [0.717, 1.165) is 36.5 Å². The van der Waals surface area contributed by atoms with Crippen LogP contribution in [-0.4, -0.2) is 30.8 Å². The van der Waals surface area contributed by atoms with Crippen molar-refractivity contribution >= 4 is 5.69 Å². The lowest BCUT2D eigenvalue weighted by Crippen LogP contribution is -2.67. The summed E-state index contributed by atoms with van der Waals surface area (Å²) in [6.45, 7) is 2.77. The summed E-state index contributed by atoms with van der Waals surface area (Å²) < 4.78 is 5.54. The Hall–Kier alpha value is -1.22. The highest BCUT2D eigenvalue weighted by molar-refractivity contribution is 5.52. The second-order valence-electron chi connectivity index (χ2n) is 6.15. The Morgan fingerprint density at radius 3 is 2.16 bits per heavy atom. The van der Waals surface area contributed by atoms with Gasteiger partial charge in [0.05, 0.1) is 6.61 Å². The molecule has 4 aliphatic rings. The lowest BCUT2D eigenvalue weighted by molar-refractivity contribution is 0.135. The molecule has 0 spiro atoms. The van der Waals surface area contributed by atoms with Crippen LogP contribution in [0.3, 0.4) is 0 Å². The molecule has 4 fully saturated rings. The predicted molar refractivity (Wildman–Crippen MR) is 76.8 cm³/mol. The third-order valence-electron chi connectivity index (χ3n) is 4.93. The van der Waals surface area contributed by atoms with E-state index in [1.165, 1.54) is 31.4 Å². The van der Waals surface area contributed by atoms with Crippen LogP contribution < -0.4 is 15.0 Å². The molecular weight excluding hydrogens is 236 g/mol. The molecule has 19 heavy (non-hydrogen) atoms. The van der Waals surface area contributed by atoms with Crippen molar-refractivity contribution in [2.75, 3.05) is 11.5 Å². The highest BCUT2D eigenvalue weighted by Crippen LogP contribution is 2.41. The molecule has 1 N–H and O–H groups in total. The first-order valence-electron chi connectivity index (χ1n) is 7.60. The molecule has 4 saturated heterocycles. The summed E-state index contributed by atoms with van der Waals surface area (Å²) >= 11 is 0. The van der Waals surface area contributed by atoms with Crippen molar-refractivity contribution in [3.63, 3.8) is 0 Å². The van der Waals surface area contributed by atoms with Gasteiger partial charge in [0.1, 0.15) is 5.75 Å². The number of nitrogens with zero attached hydrogens (tertiary/aromatic N) is 1. The fraction of sp³-hybridized carbons (Fsp3) is 0.625. The molecule has 0 aliphatic carbocycles. The maximum Gasteiger partial charge on any atom is 0.119 e. The number of anilines is 1. The molecule has 4 bridgehead atoms. The van der Waals surface area contributed by atoms with Crippen LogP contribution in [-0.2, 0) is 0 Å². The number of nitrogens with one attached hydrogen (secondary N) is 1. The third kappa shape index (κ3) is 1.91. The first-order valence-corrected chi connectivity index (χ1v) is 7.60. The topological polar surface area (TPSA) is 24.5 Å². The van der Waals surface area contributed by atoms with Crippen LogP contribution >= 0.6 is 0 Å². The predicted octanol–water partition coefficient (Wildman–Crippen LogP) is 2.56. The molecule has 102 valence electrons. The second kappa shape index (κ2) is 4.41. The van der Waals surface area contributed by atoms with E-state index >= 15 is 0 Å². The number of ether oxygens (including phenoxy) is 1. The monoisotopic (exact) mass is 258 g/mol. The van der Waals surface area contributed by atoms with E-state index in [2.05, 4.69) is 34.5 Å². The van der Waals surface area contributed by atoms with Crippen molar-refractivity contribution in [2.45, 2.75) is 56.8 Å². The van der Waals surface area contributed by atoms with Crippen molar-refractivity contribution in [3.8, 4) is 5.75 Å². The summed E-state index contributed by atoms with van der Waals surface area (Å²) in [4.78, 5) is 2.68. The molecule has 1 aromatic carbocycles. The summed E-state index contributed by atoms with van der Waals surface area (Å²) in [5.41, 5.74) is 1.39. The summed E-state index contributed by atoms with van der Waals surface area (Å²) in [7, 11) is 0. The highest BCUT2D eigenvalue weighted by Gasteiger charge is 2.46. The number of rotatable bonds is 3. The van der Waals surface area contributed by atoms with E-state index in [-0.39, 0.29) is 0 Å². The molecule has 0 atom stereocenters. The van der Waals surface area contributed by atoms with Gasteiger partial charge >= 0.3 is 0 Å². The second-order valence-corrected chi connectivity index (χ2v) is 6.15. The van der Waals surface area contributed by atoms with Crippen LogP contribution in [0, 0.1) is 0 Å². The number of hydrogen-bond acceptors (Lipinski definition) is 3. The van der Waals surface area contributed by atoms with E-state index in [4.69, 9.17) is 4.74 Å². The lowest BCUT2D eigenvalue weighted by Gasteiger charge is -2.58. The van der Waals surface area contributed by atoms with Gasteiger partial charge in [-0.1, -0.05) is 0 Å². The SMILES string of the molecule is CCOc1ccc(N2C3CC4CC2CC(C3)N4)cc1. The fourth-order valence-corrected chi connectivity index (χ4v) is 4.36. The smallest absolute Gasteiger partial charge is 0.119 e. The van der Waals surface area contributed by atoms with Gasteiger partial charge in [0.25, 0.3) is 0 Å². The van der Waals surface area contributed by atoms with E-state index in [1.807, 2.05) is 6.92 Å². The molecule has 4 heterocycles. The number of piperidine rings is 4. The Morgan fingerprint density at radius 1 is 1.05 bits per heavy atom. The maximum absolute atomic E-state index is 5.54. The van der Waals surface area contributed by atoms with Gasteiger partial charge in [0.2, 0.25) is 0 Å². The van der Waals surface area contributed by atoms with Crippen LogP contribution in [0.4, 0.5) is 5.69 Å². The van der Waals surface area contributed by atoms with Gasteiger partial charge in [-0.05, 0) is 56.9 Å². The summed E-state index contributed by atoms with van der Waals surface area (Å²) in [6.07, 6.45) is 5.28. The van der Waals surface area contributed by atoms with Gasteiger partial charge in [-0.2, -0.15) is 0 Å². The maximum atomic E-state index is 5.54.